The molecule has 1 amide bonds. The zero-order valence-corrected chi connectivity index (χ0v) is 18.7. The minimum atomic E-state index is -1.97. The maximum atomic E-state index is 13.4. The van der Waals surface area contributed by atoms with Gasteiger partial charge in [-0.15, -0.1) is 0 Å². The van der Waals surface area contributed by atoms with Gasteiger partial charge in [0.05, 0.1) is 19.3 Å². The Balaban J connectivity index is 1.83. The first-order valence-corrected chi connectivity index (χ1v) is 13.5. The van der Waals surface area contributed by atoms with Gasteiger partial charge >= 0.3 is 0 Å². The van der Waals surface area contributed by atoms with Crippen LogP contribution >= 0.6 is 0 Å². The normalized spacial score (nSPS) is 17.4. The highest BCUT2D eigenvalue weighted by Crippen LogP contribution is 2.30. The molecule has 0 saturated carbocycles. The second-order valence-electron chi connectivity index (χ2n) is 8.26. The highest BCUT2D eigenvalue weighted by atomic mass is 28.4. The summed E-state index contributed by atoms with van der Waals surface area (Å²) in [7, 11) is -1.97. The summed E-state index contributed by atoms with van der Waals surface area (Å²) < 4.78 is 17.9. The van der Waals surface area contributed by atoms with Crippen molar-refractivity contribution in [2.75, 3.05) is 19.8 Å². The molecule has 1 saturated heterocycles. The average molecular weight is 413 g/mol. The van der Waals surface area contributed by atoms with E-state index in [-0.39, 0.29) is 11.9 Å². The minimum absolute atomic E-state index is 0.0345. The monoisotopic (exact) mass is 412 g/mol. The first-order valence-electron chi connectivity index (χ1n) is 10.1. The van der Waals surface area contributed by atoms with Gasteiger partial charge in [0.1, 0.15) is 11.5 Å². The van der Waals surface area contributed by atoms with Crippen LogP contribution in [-0.4, -0.2) is 44.9 Å². The van der Waals surface area contributed by atoms with Crippen LogP contribution in [-0.2, 0) is 20.4 Å². The lowest BCUT2D eigenvalue weighted by Crippen LogP contribution is -2.50. The molecule has 0 aliphatic carbocycles. The van der Waals surface area contributed by atoms with E-state index in [0.717, 1.165) is 17.1 Å². The van der Waals surface area contributed by atoms with Crippen LogP contribution in [0.25, 0.3) is 0 Å². The van der Waals surface area contributed by atoms with Gasteiger partial charge in [0.2, 0.25) is 0 Å². The van der Waals surface area contributed by atoms with Crippen LogP contribution in [0.2, 0.25) is 19.6 Å². The van der Waals surface area contributed by atoms with Crippen LogP contribution in [0, 0.1) is 6.10 Å². The smallest absolute Gasteiger partial charge is 0.258 e. The molecule has 0 spiro atoms. The number of carbonyl (C=O) groups is 1. The first-order chi connectivity index (χ1) is 13.8. The molecule has 1 unspecified atom stereocenters. The van der Waals surface area contributed by atoms with E-state index in [2.05, 4.69) is 19.6 Å². The maximum absolute atomic E-state index is 13.4. The third-order valence-corrected chi connectivity index (χ3v) is 5.45. The molecule has 1 heterocycles. The molecule has 0 N–H and O–H groups in total. The number of morpholine rings is 1. The Morgan fingerprint density at radius 2 is 1.79 bits per heavy atom. The molecule has 0 bridgehead atoms. The van der Waals surface area contributed by atoms with Gasteiger partial charge in [-0.3, -0.25) is 4.79 Å². The van der Waals surface area contributed by atoms with E-state index in [1.165, 1.54) is 0 Å². The van der Waals surface area contributed by atoms with Crippen molar-refractivity contribution in [2.24, 2.45) is 0 Å². The fraction of sp³-hybridized carbons (Fsp3) is 0.391. The van der Waals surface area contributed by atoms with Gasteiger partial charge in [-0.1, -0.05) is 36.4 Å². The zero-order chi connectivity index (χ0) is 20.9. The second-order valence-corrected chi connectivity index (χ2v) is 12.7. The number of hydrogen-bond donors (Lipinski definition) is 0. The Morgan fingerprint density at radius 1 is 1.10 bits per heavy atom. The molecule has 0 aromatic heterocycles. The van der Waals surface area contributed by atoms with Crippen molar-refractivity contribution in [1.82, 2.24) is 4.90 Å². The van der Waals surface area contributed by atoms with Gasteiger partial charge in [0, 0.05) is 13.0 Å². The molecule has 1 fully saturated rings. The van der Waals surface area contributed by atoms with E-state index in [9.17, 15) is 4.79 Å². The first kappa shape index (κ1) is 21.6. The number of nitrogens with zero attached hydrogens (tertiary/aromatic N) is 1. The summed E-state index contributed by atoms with van der Waals surface area (Å²) in [5, 5.41) is 0. The average Bonchev–Trinajstić information content (AvgIpc) is 2.68. The summed E-state index contributed by atoms with van der Waals surface area (Å²) in [6, 6.07) is 17.5. The van der Waals surface area contributed by atoms with Crippen LogP contribution < -0.4 is 4.74 Å². The molecule has 6 heteroatoms. The van der Waals surface area contributed by atoms with E-state index < -0.39 is 8.32 Å². The Labute approximate surface area is 174 Å². The Morgan fingerprint density at radius 3 is 2.48 bits per heavy atom. The standard InChI is InChI=1S/C23H30NO4Si/c1-18-17-26-15-14-24(18)23(25)22(28-29(2,3)4)16-19-10-8-9-13-21(19)27-20-11-6-5-7-12-20/h5-13,18H,14-17H2,1-4H3. The predicted octanol–water partition coefficient (Wildman–Crippen LogP) is 4.65. The minimum Gasteiger partial charge on any atom is -0.457 e. The van der Waals surface area contributed by atoms with Gasteiger partial charge < -0.3 is 18.8 Å². The van der Waals surface area contributed by atoms with Crippen molar-refractivity contribution in [1.29, 1.82) is 0 Å². The zero-order valence-electron chi connectivity index (χ0n) is 17.7. The number of para-hydroxylation sites is 2. The molecule has 3 rings (SSSR count). The Kier molecular flexibility index (Phi) is 7.11. The number of amides is 1. The molecule has 1 atom stereocenters. The van der Waals surface area contributed by atoms with Crippen molar-refractivity contribution in [3.8, 4) is 11.5 Å². The fourth-order valence-corrected chi connectivity index (χ4v) is 4.15. The van der Waals surface area contributed by atoms with Crippen molar-refractivity contribution in [3.05, 3.63) is 66.3 Å². The molecule has 2 aromatic carbocycles. The predicted molar refractivity (Wildman–Crippen MR) is 116 cm³/mol. The lowest BCUT2D eigenvalue weighted by molar-refractivity contribution is -0.141. The van der Waals surface area contributed by atoms with Crippen LogP contribution in [0.3, 0.4) is 0 Å². The number of ether oxygens (including phenoxy) is 2. The van der Waals surface area contributed by atoms with Gasteiger partial charge in [-0.05, 0) is 50.3 Å². The third-order valence-electron chi connectivity index (χ3n) is 4.59. The lowest BCUT2D eigenvalue weighted by Gasteiger charge is -2.36. The van der Waals surface area contributed by atoms with Crippen molar-refractivity contribution in [2.45, 2.75) is 39.0 Å². The molecular formula is C23H30NO4Si. The quantitative estimate of drug-likeness (QED) is 0.621. The highest BCUT2D eigenvalue weighted by molar-refractivity contribution is 6.70. The molecule has 1 aliphatic rings. The molecule has 1 aliphatic heterocycles. The number of rotatable bonds is 7. The van der Waals surface area contributed by atoms with Gasteiger partial charge in [0.25, 0.3) is 5.91 Å². The van der Waals surface area contributed by atoms with Crippen LogP contribution in [0.5, 0.6) is 11.5 Å². The number of hydrogen-bond acceptors (Lipinski definition) is 4. The number of benzene rings is 2. The molecule has 5 nitrogen and oxygen atoms in total. The SMILES string of the molecule is CC1COCCN1C(=O)[C](Cc1ccccc1Oc1ccccc1)O[Si](C)(C)C. The van der Waals surface area contributed by atoms with Crippen molar-refractivity contribution >= 4 is 14.2 Å². The van der Waals surface area contributed by atoms with E-state index in [0.29, 0.717) is 32.3 Å². The summed E-state index contributed by atoms with van der Waals surface area (Å²) in [5.74, 6) is 1.46. The largest absolute Gasteiger partial charge is 0.457 e. The van der Waals surface area contributed by atoms with Crippen molar-refractivity contribution in [3.63, 3.8) is 0 Å². The fourth-order valence-electron chi connectivity index (χ4n) is 3.25. The summed E-state index contributed by atoms with van der Waals surface area (Å²) in [6.45, 7) is 9.99. The Bertz CT molecular complexity index is 806. The summed E-state index contributed by atoms with van der Waals surface area (Å²) >= 11 is 0. The van der Waals surface area contributed by atoms with Crippen molar-refractivity contribution < 1.29 is 18.7 Å². The van der Waals surface area contributed by atoms with Crippen LogP contribution in [0.4, 0.5) is 0 Å². The van der Waals surface area contributed by atoms with E-state index >= 15 is 0 Å². The van der Waals surface area contributed by atoms with Gasteiger partial charge in [-0.25, -0.2) is 0 Å². The third kappa shape index (κ3) is 6.16. The summed E-state index contributed by atoms with van der Waals surface area (Å²) in [6.07, 6.45) is 0.887. The molecule has 29 heavy (non-hydrogen) atoms. The van der Waals surface area contributed by atoms with Crippen LogP contribution in [0.1, 0.15) is 12.5 Å². The Hall–Kier alpha value is -2.15. The van der Waals surface area contributed by atoms with E-state index in [1.807, 2.05) is 66.4 Å². The summed E-state index contributed by atoms with van der Waals surface area (Å²) in [5.41, 5.74) is 0.930. The van der Waals surface area contributed by atoms with Gasteiger partial charge in [0.15, 0.2) is 14.4 Å². The molecule has 2 aromatic rings. The van der Waals surface area contributed by atoms with Crippen LogP contribution in [0.15, 0.2) is 54.6 Å². The topological polar surface area (TPSA) is 48.0 Å². The molecule has 1 radical (unpaired) electrons. The maximum Gasteiger partial charge on any atom is 0.258 e. The molecular weight excluding hydrogens is 382 g/mol. The lowest BCUT2D eigenvalue weighted by atomic mass is 10.0. The van der Waals surface area contributed by atoms with E-state index in [4.69, 9.17) is 13.9 Å². The number of carbonyl (C=O) groups excluding carboxylic acids is 1. The molecule has 155 valence electrons. The van der Waals surface area contributed by atoms with Gasteiger partial charge in [-0.2, -0.15) is 0 Å². The summed E-state index contributed by atoms with van der Waals surface area (Å²) in [4.78, 5) is 15.2. The van der Waals surface area contributed by atoms with E-state index in [1.54, 1.807) is 0 Å². The highest BCUT2D eigenvalue weighted by Gasteiger charge is 2.35. The second kappa shape index (κ2) is 9.56.